The molecule has 6 heteroatoms. The second-order valence-corrected chi connectivity index (χ2v) is 4.18. The number of aromatic carboxylic acids is 1. The largest absolute Gasteiger partial charge is 0.478 e. The van der Waals surface area contributed by atoms with Gasteiger partial charge in [0, 0.05) is 18.8 Å². The van der Waals surface area contributed by atoms with Gasteiger partial charge in [-0.05, 0) is 31.9 Å². The average molecular weight is 249 g/mol. The minimum atomic E-state index is -1.03. The summed E-state index contributed by atoms with van der Waals surface area (Å²) in [5.74, 6) is -0.569. The van der Waals surface area contributed by atoms with Crippen molar-refractivity contribution in [2.45, 2.75) is 25.8 Å². The van der Waals surface area contributed by atoms with Gasteiger partial charge in [0.05, 0.1) is 5.56 Å². The van der Waals surface area contributed by atoms with Crippen molar-refractivity contribution >= 4 is 17.8 Å². The number of pyridine rings is 1. The number of nitrogens with one attached hydrogen (secondary N) is 1. The Morgan fingerprint density at radius 1 is 1.50 bits per heavy atom. The van der Waals surface area contributed by atoms with Gasteiger partial charge in [0.25, 0.3) is 0 Å². The van der Waals surface area contributed by atoms with Crippen LogP contribution in [0, 0.1) is 0 Å². The molecule has 0 radical (unpaired) electrons. The number of carbonyl (C=O) groups excluding carboxylic acids is 1. The number of carboxylic acids is 1. The smallest absolute Gasteiger partial charge is 0.337 e. The van der Waals surface area contributed by atoms with Crippen molar-refractivity contribution in [2.75, 3.05) is 11.4 Å². The molecule has 6 nitrogen and oxygen atoms in total. The van der Waals surface area contributed by atoms with E-state index < -0.39 is 5.97 Å². The quantitative estimate of drug-likeness (QED) is 0.846. The molecule has 1 saturated carbocycles. The maximum absolute atomic E-state index is 11.9. The second kappa shape index (κ2) is 5.03. The highest BCUT2D eigenvalue weighted by Crippen LogP contribution is 2.20. The van der Waals surface area contributed by atoms with Crippen LogP contribution in [0.15, 0.2) is 18.3 Å². The van der Waals surface area contributed by atoms with Crippen LogP contribution in [0.4, 0.5) is 10.6 Å². The third-order valence-electron chi connectivity index (χ3n) is 2.74. The number of amides is 2. The maximum atomic E-state index is 11.9. The summed E-state index contributed by atoms with van der Waals surface area (Å²) in [5.41, 5.74) is 0.109. The SMILES string of the molecule is CCN(C(=O)NC1CC1)c1ccc(C(=O)O)cn1. The molecule has 1 aliphatic rings. The predicted molar refractivity (Wildman–Crippen MR) is 65.8 cm³/mol. The van der Waals surface area contributed by atoms with Crippen LogP contribution < -0.4 is 10.2 Å². The molecule has 0 bridgehead atoms. The first-order chi connectivity index (χ1) is 8.61. The monoisotopic (exact) mass is 249 g/mol. The van der Waals surface area contributed by atoms with Crippen molar-refractivity contribution in [1.82, 2.24) is 10.3 Å². The van der Waals surface area contributed by atoms with Crippen LogP contribution in [0.3, 0.4) is 0 Å². The van der Waals surface area contributed by atoms with E-state index in [1.807, 2.05) is 6.92 Å². The molecule has 2 amide bonds. The number of aromatic nitrogens is 1. The normalized spacial score (nSPS) is 14.1. The summed E-state index contributed by atoms with van der Waals surface area (Å²) in [4.78, 5) is 28.1. The molecule has 96 valence electrons. The lowest BCUT2D eigenvalue weighted by atomic mass is 10.3. The molecule has 0 aliphatic heterocycles. The fraction of sp³-hybridized carbons (Fsp3) is 0.417. The Bertz CT molecular complexity index is 454. The number of nitrogens with zero attached hydrogens (tertiary/aromatic N) is 2. The minimum Gasteiger partial charge on any atom is -0.478 e. The van der Waals surface area contributed by atoms with Gasteiger partial charge in [-0.25, -0.2) is 14.6 Å². The summed E-state index contributed by atoms with van der Waals surface area (Å²) in [6.07, 6.45) is 3.30. The number of carboxylic acid groups (broad SMARTS) is 1. The van der Waals surface area contributed by atoms with Gasteiger partial charge in [-0.3, -0.25) is 4.90 Å². The Morgan fingerprint density at radius 3 is 2.67 bits per heavy atom. The lowest BCUT2D eigenvalue weighted by molar-refractivity contribution is 0.0696. The molecule has 1 aliphatic carbocycles. The number of anilines is 1. The van der Waals surface area contributed by atoms with Crippen molar-refractivity contribution in [3.05, 3.63) is 23.9 Å². The molecule has 0 aromatic carbocycles. The zero-order chi connectivity index (χ0) is 13.1. The summed E-state index contributed by atoms with van der Waals surface area (Å²) < 4.78 is 0. The van der Waals surface area contributed by atoms with Crippen molar-refractivity contribution in [3.63, 3.8) is 0 Å². The van der Waals surface area contributed by atoms with Crippen LogP contribution in [0.1, 0.15) is 30.1 Å². The van der Waals surface area contributed by atoms with E-state index in [1.165, 1.54) is 17.2 Å². The first-order valence-electron chi connectivity index (χ1n) is 5.89. The van der Waals surface area contributed by atoms with Crippen LogP contribution in [-0.4, -0.2) is 34.7 Å². The lowest BCUT2D eigenvalue weighted by Crippen LogP contribution is -2.41. The maximum Gasteiger partial charge on any atom is 0.337 e. The number of urea groups is 1. The summed E-state index contributed by atoms with van der Waals surface area (Å²) in [6, 6.07) is 3.08. The van der Waals surface area contributed by atoms with E-state index >= 15 is 0 Å². The molecule has 2 N–H and O–H groups in total. The topological polar surface area (TPSA) is 82.5 Å². The van der Waals surface area contributed by atoms with Gasteiger partial charge < -0.3 is 10.4 Å². The number of rotatable bonds is 4. The summed E-state index contributed by atoms with van der Waals surface area (Å²) in [6.45, 7) is 2.33. The predicted octanol–water partition coefficient (Wildman–Crippen LogP) is 1.48. The highest BCUT2D eigenvalue weighted by Gasteiger charge is 2.26. The lowest BCUT2D eigenvalue weighted by Gasteiger charge is -2.20. The molecule has 18 heavy (non-hydrogen) atoms. The summed E-state index contributed by atoms with van der Waals surface area (Å²) in [7, 11) is 0. The Kier molecular flexibility index (Phi) is 3.45. The summed E-state index contributed by atoms with van der Waals surface area (Å²) in [5, 5.41) is 11.6. The van der Waals surface area contributed by atoms with Crippen LogP contribution >= 0.6 is 0 Å². The standard InChI is InChI=1S/C12H15N3O3/c1-2-15(12(18)14-9-4-5-9)10-6-3-8(7-13-10)11(16)17/h3,6-7,9H,2,4-5H2,1H3,(H,14,18)(H,16,17). The van der Waals surface area contributed by atoms with Gasteiger partial charge in [-0.15, -0.1) is 0 Å². The van der Waals surface area contributed by atoms with E-state index in [1.54, 1.807) is 6.07 Å². The van der Waals surface area contributed by atoms with Gasteiger partial charge >= 0.3 is 12.0 Å². The molecule has 1 heterocycles. The van der Waals surface area contributed by atoms with E-state index in [2.05, 4.69) is 10.3 Å². The van der Waals surface area contributed by atoms with Crippen LogP contribution in [0.5, 0.6) is 0 Å². The van der Waals surface area contributed by atoms with E-state index in [0.717, 1.165) is 12.8 Å². The molecular formula is C12H15N3O3. The summed E-state index contributed by atoms with van der Waals surface area (Å²) >= 11 is 0. The first-order valence-corrected chi connectivity index (χ1v) is 5.89. The van der Waals surface area contributed by atoms with Crippen LogP contribution in [0.2, 0.25) is 0 Å². The Morgan fingerprint density at radius 2 is 2.22 bits per heavy atom. The highest BCUT2D eigenvalue weighted by atomic mass is 16.4. The zero-order valence-corrected chi connectivity index (χ0v) is 10.1. The minimum absolute atomic E-state index is 0.109. The molecule has 0 unspecified atom stereocenters. The molecule has 0 spiro atoms. The zero-order valence-electron chi connectivity index (χ0n) is 10.1. The van der Waals surface area contributed by atoms with Gasteiger partial charge in [-0.2, -0.15) is 0 Å². The number of hydrogen-bond donors (Lipinski definition) is 2. The van der Waals surface area contributed by atoms with Crippen LogP contribution in [0.25, 0.3) is 0 Å². The van der Waals surface area contributed by atoms with E-state index in [9.17, 15) is 9.59 Å². The first kappa shape index (κ1) is 12.3. The Hall–Kier alpha value is -2.11. The second-order valence-electron chi connectivity index (χ2n) is 4.18. The fourth-order valence-corrected chi connectivity index (χ4v) is 1.56. The van der Waals surface area contributed by atoms with Gasteiger partial charge in [-0.1, -0.05) is 0 Å². The molecule has 2 rings (SSSR count). The van der Waals surface area contributed by atoms with Gasteiger partial charge in [0.15, 0.2) is 0 Å². The van der Waals surface area contributed by atoms with Crippen molar-refractivity contribution in [2.24, 2.45) is 0 Å². The van der Waals surface area contributed by atoms with Gasteiger partial charge in [0.1, 0.15) is 5.82 Å². The Labute approximate surface area is 105 Å². The Balaban J connectivity index is 2.10. The van der Waals surface area contributed by atoms with E-state index in [0.29, 0.717) is 12.4 Å². The third kappa shape index (κ3) is 2.77. The van der Waals surface area contributed by atoms with Crippen molar-refractivity contribution < 1.29 is 14.7 Å². The molecular weight excluding hydrogens is 234 g/mol. The molecule has 0 saturated heterocycles. The molecule has 1 aromatic heterocycles. The average Bonchev–Trinajstić information content (AvgIpc) is 3.14. The van der Waals surface area contributed by atoms with E-state index in [-0.39, 0.29) is 17.6 Å². The molecule has 1 fully saturated rings. The van der Waals surface area contributed by atoms with Crippen LogP contribution in [-0.2, 0) is 0 Å². The molecule has 1 aromatic rings. The molecule has 0 atom stereocenters. The third-order valence-corrected chi connectivity index (χ3v) is 2.74. The fourth-order valence-electron chi connectivity index (χ4n) is 1.56. The van der Waals surface area contributed by atoms with Crippen molar-refractivity contribution in [3.8, 4) is 0 Å². The number of carbonyl (C=O) groups is 2. The van der Waals surface area contributed by atoms with Crippen molar-refractivity contribution in [1.29, 1.82) is 0 Å². The number of hydrogen-bond acceptors (Lipinski definition) is 3. The van der Waals surface area contributed by atoms with Gasteiger partial charge in [0.2, 0.25) is 0 Å². The highest BCUT2D eigenvalue weighted by molar-refractivity contribution is 5.92. The van der Waals surface area contributed by atoms with E-state index in [4.69, 9.17) is 5.11 Å².